The first-order chi connectivity index (χ1) is 12.3. The van der Waals surface area contributed by atoms with E-state index in [9.17, 15) is 4.79 Å². The van der Waals surface area contributed by atoms with Crippen LogP contribution in [0, 0.1) is 5.41 Å². The van der Waals surface area contributed by atoms with Crippen molar-refractivity contribution >= 4 is 22.8 Å². The van der Waals surface area contributed by atoms with E-state index in [1.54, 1.807) is 6.92 Å². The Morgan fingerprint density at radius 2 is 1.78 bits per heavy atom. The molecule has 27 heavy (non-hydrogen) atoms. The summed E-state index contributed by atoms with van der Waals surface area (Å²) in [6.45, 7) is 16.3. The zero-order valence-electron chi connectivity index (χ0n) is 17.5. The summed E-state index contributed by atoms with van der Waals surface area (Å²) in [5.41, 5.74) is 8.01. The third kappa shape index (κ3) is 4.76. The van der Waals surface area contributed by atoms with Crippen LogP contribution in [0.5, 0.6) is 0 Å². The quantitative estimate of drug-likeness (QED) is 0.602. The van der Waals surface area contributed by atoms with Crippen molar-refractivity contribution in [3.8, 4) is 0 Å². The van der Waals surface area contributed by atoms with Crippen LogP contribution in [0.4, 0.5) is 5.82 Å². The predicted molar refractivity (Wildman–Crippen MR) is 109 cm³/mol. The molecule has 2 rings (SSSR count). The van der Waals surface area contributed by atoms with Crippen LogP contribution in [0.2, 0.25) is 0 Å². The summed E-state index contributed by atoms with van der Waals surface area (Å²) in [5.74, 6) is 0.913. The highest BCUT2D eigenvalue weighted by Gasteiger charge is 2.22. The molecule has 0 aromatic carbocycles. The lowest BCUT2D eigenvalue weighted by Crippen LogP contribution is -2.17. The smallest absolute Gasteiger partial charge is 0.246 e. The standard InChI is InChI=1S/C21H30N4O2/c1-12(20(3,4)5)9-15(13(2)17(22)26)25-18-14-10-16(21(6,7)8)27-19(14)24-11-23-18/h9-11H,1-8H3,(H2,22,26)(H,23,24,25)/b12-9+,15-13-. The van der Waals surface area contributed by atoms with Gasteiger partial charge in [-0.1, -0.05) is 47.1 Å². The number of furan rings is 1. The van der Waals surface area contributed by atoms with E-state index in [2.05, 4.69) is 56.8 Å². The number of aromatic nitrogens is 2. The molecule has 1 amide bonds. The minimum atomic E-state index is -0.483. The molecule has 0 aliphatic heterocycles. The van der Waals surface area contributed by atoms with Gasteiger partial charge in [-0.25, -0.2) is 9.97 Å². The van der Waals surface area contributed by atoms with Crippen LogP contribution in [0.3, 0.4) is 0 Å². The molecule has 2 aromatic rings. The van der Waals surface area contributed by atoms with Crippen LogP contribution in [-0.4, -0.2) is 15.9 Å². The van der Waals surface area contributed by atoms with Crippen LogP contribution in [0.1, 0.15) is 61.2 Å². The van der Waals surface area contributed by atoms with Crippen LogP contribution in [-0.2, 0) is 10.2 Å². The fourth-order valence-electron chi connectivity index (χ4n) is 2.26. The fraction of sp³-hybridized carbons (Fsp3) is 0.476. The molecule has 0 unspecified atom stereocenters. The summed E-state index contributed by atoms with van der Waals surface area (Å²) < 4.78 is 5.88. The van der Waals surface area contributed by atoms with E-state index in [0.29, 0.717) is 22.8 Å². The van der Waals surface area contributed by atoms with E-state index in [1.807, 2.05) is 19.1 Å². The van der Waals surface area contributed by atoms with Crippen LogP contribution in [0.25, 0.3) is 11.1 Å². The molecule has 0 saturated heterocycles. The van der Waals surface area contributed by atoms with Gasteiger partial charge in [0.1, 0.15) is 17.9 Å². The van der Waals surface area contributed by atoms with Gasteiger partial charge in [0.25, 0.3) is 0 Å². The lowest BCUT2D eigenvalue weighted by atomic mass is 9.87. The summed E-state index contributed by atoms with van der Waals surface area (Å²) in [7, 11) is 0. The van der Waals surface area contributed by atoms with Gasteiger partial charge in [-0.3, -0.25) is 4.79 Å². The second-order valence-corrected chi connectivity index (χ2v) is 8.91. The van der Waals surface area contributed by atoms with Gasteiger partial charge in [-0.15, -0.1) is 0 Å². The topological polar surface area (TPSA) is 94.0 Å². The van der Waals surface area contributed by atoms with Crippen molar-refractivity contribution in [3.05, 3.63) is 41.1 Å². The van der Waals surface area contributed by atoms with Crippen molar-refractivity contribution < 1.29 is 9.21 Å². The number of allylic oxidation sites excluding steroid dienone is 2. The Labute approximate surface area is 160 Å². The lowest BCUT2D eigenvalue weighted by Gasteiger charge is -2.21. The van der Waals surface area contributed by atoms with Gasteiger partial charge in [0.15, 0.2) is 0 Å². The van der Waals surface area contributed by atoms with Crippen molar-refractivity contribution in [3.63, 3.8) is 0 Å². The molecule has 0 spiro atoms. The van der Waals surface area contributed by atoms with Gasteiger partial charge in [-0.05, 0) is 31.4 Å². The van der Waals surface area contributed by atoms with Gasteiger partial charge in [0.05, 0.1) is 5.39 Å². The number of fused-ring (bicyclic) bond motifs is 1. The van der Waals surface area contributed by atoms with Gasteiger partial charge < -0.3 is 15.5 Å². The molecular formula is C21H30N4O2. The Morgan fingerprint density at radius 1 is 1.15 bits per heavy atom. The van der Waals surface area contributed by atoms with E-state index in [-0.39, 0.29) is 10.8 Å². The van der Waals surface area contributed by atoms with Crippen molar-refractivity contribution in [2.75, 3.05) is 5.32 Å². The number of hydrogen-bond donors (Lipinski definition) is 2. The van der Waals surface area contributed by atoms with Crippen molar-refractivity contribution in [1.82, 2.24) is 9.97 Å². The van der Waals surface area contributed by atoms with Crippen LogP contribution in [0.15, 0.2) is 39.7 Å². The Balaban J connectivity index is 2.58. The number of carbonyl (C=O) groups is 1. The van der Waals surface area contributed by atoms with Gasteiger partial charge in [-0.2, -0.15) is 0 Å². The van der Waals surface area contributed by atoms with E-state index in [0.717, 1.165) is 16.7 Å². The van der Waals surface area contributed by atoms with E-state index in [4.69, 9.17) is 10.2 Å². The summed E-state index contributed by atoms with van der Waals surface area (Å²) in [5, 5.41) is 4.03. The summed E-state index contributed by atoms with van der Waals surface area (Å²) >= 11 is 0. The summed E-state index contributed by atoms with van der Waals surface area (Å²) in [4.78, 5) is 20.4. The van der Waals surface area contributed by atoms with E-state index < -0.39 is 5.91 Å². The monoisotopic (exact) mass is 370 g/mol. The van der Waals surface area contributed by atoms with Gasteiger partial charge in [0, 0.05) is 16.7 Å². The highest BCUT2D eigenvalue weighted by Crippen LogP contribution is 2.32. The highest BCUT2D eigenvalue weighted by atomic mass is 16.3. The Morgan fingerprint density at radius 3 is 2.30 bits per heavy atom. The molecule has 0 bridgehead atoms. The van der Waals surface area contributed by atoms with Gasteiger partial charge >= 0.3 is 0 Å². The number of nitrogens with zero attached hydrogens (tertiary/aromatic N) is 2. The van der Waals surface area contributed by atoms with E-state index in [1.165, 1.54) is 6.33 Å². The molecule has 2 aromatic heterocycles. The first kappa shape index (κ1) is 20.7. The highest BCUT2D eigenvalue weighted by molar-refractivity contribution is 5.94. The number of nitrogens with one attached hydrogen (secondary N) is 1. The fourth-order valence-corrected chi connectivity index (χ4v) is 2.26. The molecule has 0 radical (unpaired) electrons. The second kappa shape index (κ2) is 7.18. The predicted octanol–water partition coefficient (Wildman–Crippen LogP) is 4.68. The number of anilines is 1. The van der Waals surface area contributed by atoms with Crippen molar-refractivity contribution in [2.24, 2.45) is 11.1 Å². The molecule has 0 fully saturated rings. The third-order valence-electron chi connectivity index (χ3n) is 4.64. The average Bonchev–Trinajstić information content (AvgIpc) is 2.97. The third-order valence-corrected chi connectivity index (χ3v) is 4.64. The molecule has 2 heterocycles. The average molecular weight is 370 g/mol. The Kier molecular flexibility index (Phi) is 5.50. The normalized spacial score (nSPS) is 14.3. The summed E-state index contributed by atoms with van der Waals surface area (Å²) in [6, 6.07) is 1.94. The maximum atomic E-state index is 11.8. The molecule has 6 heteroatoms. The maximum absolute atomic E-state index is 11.8. The molecule has 0 aliphatic carbocycles. The number of primary amides is 1. The summed E-state index contributed by atoms with van der Waals surface area (Å²) in [6.07, 6.45) is 3.39. The number of hydrogen-bond acceptors (Lipinski definition) is 5. The minimum absolute atomic E-state index is 0.0408. The molecule has 146 valence electrons. The number of nitrogens with two attached hydrogens (primary N) is 1. The molecule has 0 aliphatic rings. The molecule has 0 saturated carbocycles. The first-order valence-electron chi connectivity index (χ1n) is 9.02. The van der Waals surface area contributed by atoms with Gasteiger partial charge in [0.2, 0.25) is 11.6 Å². The van der Waals surface area contributed by atoms with E-state index >= 15 is 0 Å². The molecule has 3 N–H and O–H groups in total. The largest absolute Gasteiger partial charge is 0.442 e. The van der Waals surface area contributed by atoms with Crippen molar-refractivity contribution in [1.29, 1.82) is 0 Å². The number of rotatable bonds is 4. The molecule has 0 atom stereocenters. The first-order valence-corrected chi connectivity index (χ1v) is 9.02. The minimum Gasteiger partial charge on any atom is -0.442 e. The molecular weight excluding hydrogens is 340 g/mol. The van der Waals surface area contributed by atoms with Crippen LogP contribution >= 0.6 is 0 Å². The van der Waals surface area contributed by atoms with Crippen molar-refractivity contribution in [2.45, 2.75) is 60.8 Å². The zero-order valence-corrected chi connectivity index (χ0v) is 17.5. The lowest BCUT2D eigenvalue weighted by molar-refractivity contribution is -0.114. The maximum Gasteiger partial charge on any atom is 0.246 e. The zero-order chi connectivity index (χ0) is 20.6. The number of amides is 1. The SMILES string of the molecule is C/C(C(N)=O)=C(\C=C(/C)C(C)(C)C)Nc1ncnc2oc(C(C)(C)C)cc12. The van der Waals surface area contributed by atoms with Crippen LogP contribution < -0.4 is 11.1 Å². The Hall–Kier alpha value is -2.63. The molecule has 6 nitrogen and oxygen atoms in total. The Bertz CT molecular complexity index is 922. The second-order valence-electron chi connectivity index (χ2n) is 8.91. The number of carbonyl (C=O) groups excluding carboxylic acids is 1.